The molecular weight excluding hydrogens is 506 g/mol. The van der Waals surface area contributed by atoms with Crippen LogP contribution in [0.25, 0.3) is 10.8 Å². The van der Waals surface area contributed by atoms with Crippen molar-refractivity contribution in [2.45, 2.75) is 78.6 Å². The minimum absolute atomic E-state index is 0.0233. The Labute approximate surface area is 236 Å². The van der Waals surface area contributed by atoms with Gasteiger partial charge in [0.25, 0.3) is 5.91 Å². The topological polar surface area (TPSA) is 108 Å². The summed E-state index contributed by atoms with van der Waals surface area (Å²) in [6, 6.07) is 17.4. The predicted molar refractivity (Wildman–Crippen MR) is 158 cm³/mol. The van der Waals surface area contributed by atoms with E-state index in [0.29, 0.717) is 17.7 Å². The van der Waals surface area contributed by atoms with Gasteiger partial charge in [0.05, 0.1) is 0 Å². The maximum absolute atomic E-state index is 14.2. The number of fused-ring (bicyclic) bond motifs is 1. The molecule has 0 radical (unpaired) electrons. The normalized spacial score (nSPS) is 13.8. The number of phenols is 1. The van der Waals surface area contributed by atoms with Crippen molar-refractivity contribution in [1.82, 2.24) is 10.2 Å². The molecule has 0 saturated heterocycles. The van der Waals surface area contributed by atoms with Crippen molar-refractivity contribution in [2.24, 2.45) is 5.92 Å². The fourth-order valence-corrected chi connectivity index (χ4v) is 4.52. The number of phenolic OH excluding ortho intramolecular Hbond substituents is 1. The molecule has 3 amide bonds. The third-order valence-corrected chi connectivity index (χ3v) is 6.65. The maximum Gasteiger partial charge on any atom is 0.408 e. The molecule has 3 aromatic carbocycles. The maximum atomic E-state index is 14.2. The van der Waals surface area contributed by atoms with Crippen LogP contribution < -0.4 is 10.6 Å². The number of carbonyl (C=O) groups excluding carboxylic acids is 3. The summed E-state index contributed by atoms with van der Waals surface area (Å²) in [7, 11) is 0. The van der Waals surface area contributed by atoms with Crippen molar-refractivity contribution in [3.05, 3.63) is 72.3 Å². The molecule has 3 N–H and O–H groups in total. The van der Waals surface area contributed by atoms with Crippen LogP contribution in [0.4, 0.5) is 10.5 Å². The fraction of sp³-hybridized carbons (Fsp3) is 0.406. The molecule has 214 valence electrons. The van der Waals surface area contributed by atoms with E-state index in [1.165, 1.54) is 17.0 Å². The van der Waals surface area contributed by atoms with Crippen LogP contribution in [0.2, 0.25) is 0 Å². The van der Waals surface area contributed by atoms with Crippen molar-refractivity contribution >= 4 is 34.4 Å². The Balaban J connectivity index is 2.04. The van der Waals surface area contributed by atoms with Crippen LogP contribution in [-0.2, 0) is 14.3 Å². The number of hydrogen-bond acceptors (Lipinski definition) is 5. The molecule has 3 unspecified atom stereocenters. The lowest BCUT2D eigenvalue weighted by Gasteiger charge is -2.39. The van der Waals surface area contributed by atoms with Crippen molar-refractivity contribution < 1.29 is 24.2 Å². The highest BCUT2D eigenvalue weighted by Gasteiger charge is 2.39. The number of amides is 3. The molecule has 0 bridgehead atoms. The van der Waals surface area contributed by atoms with Crippen molar-refractivity contribution in [3.63, 3.8) is 0 Å². The first-order chi connectivity index (χ1) is 18.8. The second-order valence-corrected chi connectivity index (χ2v) is 11.4. The molecule has 8 nitrogen and oxygen atoms in total. The summed E-state index contributed by atoms with van der Waals surface area (Å²) in [4.78, 5) is 42.5. The average Bonchev–Trinajstić information content (AvgIpc) is 2.88. The van der Waals surface area contributed by atoms with E-state index in [2.05, 4.69) is 10.6 Å². The van der Waals surface area contributed by atoms with Crippen molar-refractivity contribution in [3.8, 4) is 5.75 Å². The van der Waals surface area contributed by atoms with Gasteiger partial charge in [-0.3, -0.25) is 9.59 Å². The Morgan fingerprint density at radius 3 is 2.20 bits per heavy atom. The summed E-state index contributed by atoms with van der Waals surface area (Å²) >= 11 is 0. The lowest BCUT2D eigenvalue weighted by atomic mass is 9.96. The van der Waals surface area contributed by atoms with Gasteiger partial charge in [-0.25, -0.2) is 4.79 Å². The van der Waals surface area contributed by atoms with Gasteiger partial charge in [-0.15, -0.1) is 0 Å². The zero-order chi connectivity index (χ0) is 29.6. The number of ether oxygens (including phenoxy) is 1. The van der Waals surface area contributed by atoms with E-state index in [0.717, 1.165) is 10.8 Å². The summed E-state index contributed by atoms with van der Waals surface area (Å²) < 4.78 is 5.42. The lowest BCUT2D eigenvalue weighted by molar-refractivity contribution is -0.144. The second-order valence-electron chi connectivity index (χ2n) is 11.4. The van der Waals surface area contributed by atoms with Gasteiger partial charge in [-0.2, -0.15) is 0 Å². The van der Waals surface area contributed by atoms with Gasteiger partial charge >= 0.3 is 6.09 Å². The highest BCUT2D eigenvalue weighted by Crippen LogP contribution is 2.30. The Kier molecular flexibility index (Phi) is 9.79. The number of hydrogen-bond donors (Lipinski definition) is 3. The smallest absolute Gasteiger partial charge is 0.408 e. The van der Waals surface area contributed by atoms with E-state index >= 15 is 0 Å². The molecule has 0 saturated carbocycles. The number of rotatable bonds is 9. The molecule has 0 heterocycles. The molecule has 3 rings (SSSR count). The summed E-state index contributed by atoms with van der Waals surface area (Å²) in [5, 5.41) is 18.0. The molecule has 40 heavy (non-hydrogen) atoms. The standard InChI is InChI=1S/C32H41N3O5/c1-8-21(4)35(30(38)27(20(2)3)34-31(39)40-32(5,6)7)28(24-14-11-15-26(36)19-24)29(37)33-25-17-16-22-12-9-10-13-23(22)18-25/h9-21,27-28,36H,8H2,1-7H3,(H,33,37)(H,34,39). The monoisotopic (exact) mass is 547 g/mol. The Morgan fingerprint density at radius 2 is 1.60 bits per heavy atom. The quantitative estimate of drug-likeness (QED) is 0.287. The molecular formula is C32H41N3O5. The van der Waals surface area contributed by atoms with Crippen LogP contribution in [0.3, 0.4) is 0 Å². The minimum atomic E-state index is -1.08. The Hall–Kier alpha value is -4.07. The van der Waals surface area contributed by atoms with Crippen LogP contribution in [0.5, 0.6) is 5.75 Å². The highest BCUT2D eigenvalue weighted by atomic mass is 16.6. The van der Waals surface area contributed by atoms with Crippen LogP contribution >= 0.6 is 0 Å². The number of alkyl carbamates (subject to hydrolysis) is 1. The van der Waals surface area contributed by atoms with Crippen molar-refractivity contribution in [2.75, 3.05) is 5.32 Å². The number of nitrogens with zero attached hydrogens (tertiary/aromatic N) is 1. The molecule has 0 aromatic heterocycles. The third-order valence-electron chi connectivity index (χ3n) is 6.65. The van der Waals surface area contributed by atoms with E-state index in [1.807, 2.05) is 70.2 Å². The number of carbonyl (C=O) groups is 3. The molecule has 0 aliphatic rings. The first-order valence-electron chi connectivity index (χ1n) is 13.7. The SMILES string of the molecule is CCC(C)N(C(=O)C(NC(=O)OC(C)(C)C)C(C)C)C(C(=O)Nc1ccc2ccccc2c1)c1cccc(O)c1. The number of benzene rings is 3. The van der Waals surface area contributed by atoms with Gasteiger partial charge in [0.15, 0.2) is 0 Å². The summed E-state index contributed by atoms with van der Waals surface area (Å²) in [5.74, 6) is -1.17. The highest BCUT2D eigenvalue weighted by molar-refractivity contribution is 6.00. The Morgan fingerprint density at radius 1 is 0.925 bits per heavy atom. The largest absolute Gasteiger partial charge is 0.508 e. The van der Waals surface area contributed by atoms with E-state index in [-0.39, 0.29) is 17.7 Å². The van der Waals surface area contributed by atoms with Gasteiger partial charge in [0, 0.05) is 11.7 Å². The van der Waals surface area contributed by atoms with Gasteiger partial charge in [0.2, 0.25) is 5.91 Å². The number of anilines is 1. The van der Waals surface area contributed by atoms with Gasteiger partial charge in [-0.05, 0) is 80.6 Å². The summed E-state index contributed by atoms with van der Waals surface area (Å²) in [6.07, 6.45) is -0.153. The van der Waals surface area contributed by atoms with Gasteiger partial charge in [-0.1, -0.05) is 63.2 Å². The van der Waals surface area contributed by atoms with E-state index < -0.39 is 35.6 Å². The molecule has 0 fully saturated rings. The molecule has 0 aliphatic carbocycles. The zero-order valence-corrected chi connectivity index (χ0v) is 24.4. The molecule has 3 atom stereocenters. The number of aromatic hydroxyl groups is 1. The van der Waals surface area contributed by atoms with E-state index in [9.17, 15) is 19.5 Å². The summed E-state index contributed by atoms with van der Waals surface area (Å²) in [6.45, 7) is 12.7. The molecule has 0 aliphatic heterocycles. The van der Waals surface area contributed by atoms with Gasteiger partial charge in [0.1, 0.15) is 23.4 Å². The van der Waals surface area contributed by atoms with Crippen molar-refractivity contribution in [1.29, 1.82) is 0 Å². The molecule has 8 heteroatoms. The first kappa shape index (κ1) is 30.5. The van der Waals surface area contributed by atoms with E-state index in [1.54, 1.807) is 32.9 Å². The molecule has 0 spiro atoms. The van der Waals surface area contributed by atoms with Crippen LogP contribution in [0, 0.1) is 5.92 Å². The zero-order valence-electron chi connectivity index (χ0n) is 24.4. The number of nitrogens with one attached hydrogen (secondary N) is 2. The fourth-order valence-electron chi connectivity index (χ4n) is 4.52. The lowest BCUT2D eigenvalue weighted by Crippen LogP contribution is -2.56. The second kappa shape index (κ2) is 12.9. The van der Waals surface area contributed by atoms with Crippen LogP contribution in [0.15, 0.2) is 66.7 Å². The van der Waals surface area contributed by atoms with E-state index in [4.69, 9.17) is 4.74 Å². The van der Waals surface area contributed by atoms with Gasteiger partial charge < -0.3 is 25.4 Å². The van der Waals surface area contributed by atoms with Crippen LogP contribution in [-0.4, -0.2) is 45.6 Å². The first-order valence-corrected chi connectivity index (χ1v) is 13.7. The minimum Gasteiger partial charge on any atom is -0.508 e. The Bertz CT molecular complexity index is 1350. The molecule has 3 aromatic rings. The average molecular weight is 548 g/mol. The third kappa shape index (κ3) is 7.74. The predicted octanol–water partition coefficient (Wildman–Crippen LogP) is 6.40. The summed E-state index contributed by atoms with van der Waals surface area (Å²) in [5.41, 5.74) is 0.291. The van der Waals surface area contributed by atoms with Crippen LogP contribution in [0.1, 0.15) is 66.5 Å².